The molecule has 0 bridgehead atoms. The first-order valence-electron chi connectivity index (χ1n) is 8.49. The van der Waals surface area contributed by atoms with E-state index in [0.29, 0.717) is 12.8 Å². The summed E-state index contributed by atoms with van der Waals surface area (Å²) in [6.07, 6.45) is -2.14. The summed E-state index contributed by atoms with van der Waals surface area (Å²) in [5.74, 6) is -1.73. The van der Waals surface area contributed by atoms with E-state index in [2.05, 4.69) is 11.6 Å². The number of alkyl halides is 3. The Morgan fingerprint density at radius 1 is 1.32 bits per heavy atom. The zero-order valence-corrected chi connectivity index (χ0v) is 17.9. The predicted octanol–water partition coefficient (Wildman–Crippen LogP) is 3.07. The summed E-state index contributed by atoms with van der Waals surface area (Å²) < 4.78 is 69.6. The monoisotopic (exact) mass is 426 g/mol. The third-order valence-electron chi connectivity index (χ3n) is 3.98. The van der Waals surface area contributed by atoms with Gasteiger partial charge in [-0.1, -0.05) is 13.5 Å². The van der Waals surface area contributed by atoms with Crippen molar-refractivity contribution in [2.75, 3.05) is 32.7 Å². The van der Waals surface area contributed by atoms with Crippen LogP contribution in [0.5, 0.6) is 0 Å². The lowest BCUT2D eigenvalue weighted by Gasteiger charge is -2.32. The minimum atomic E-state index is -5.26. The Hall–Kier alpha value is -1.81. The van der Waals surface area contributed by atoms with Crippen molar-refractivity contribution >= 4 is 16.2 Å². The van der Waals surface area contributed by atoms with E-state index < -0.39 is 32.9 Å². The van der Waals surface area contributed by atoms with Gasteiger partial charge >= 0.3 is 6.18 Å². The third kappa shape index (κ3) is 7.31. The van der Waals surface area contributed by atoms with Crippen LogP contribution in [0.4, 0.5) is 13.2 Å². The average Bonchev–Trinajstić information content (AvgIpc) is 2.56. The van der Waals surface area contributed by atoms with Gasteiger partial charge in [0.2, 0.25) is 5.60 Å². The predicted molar refractivity (Wildman–Crippen MR) is 105 cm³/mol. The molecular weight excluding hydrogens is 397 g/mol. The van der Waals surface area contributed by atoms with Gasteiger partial charge < -0.3 is 14.7 Å². The summed E-state index contributed by atoms with van der Waals surface area (Å²) in [6, 6.07) is 0. The molecule has 0 aromatic rings. The van der Waals surface area contributed by atoms with Crippen LogP contribution in [0.15, 0.2) is 40.2 Å². The molecule has 10 heteroatoms. The zero-order chi connectivity index (χ0) is 22.3. The van der Waals surface area contributed by atoms with Gasteiger partial charge in [-0.15, -0.1) is 0 Å². The van der Waals surface area contributed by atoms with Crippen LogP contribution in [0.1, 0.15) is 27.2 Å². The molecule has 0 radical (unpaired) electrons. The first kappa shape index (κ1) is 26.2. The Kier molecular flexibility index (Phi) is 9.45. The van der Waals surface area contributed by atoms with E-state index in [4.69, 9.17) is 4.74 Å². The highest BCUT2D eigenvalue weighted by Crippen LogP contribution is 2.40. The number of nitrogens with zero attached hydrogens (tertiary/aromatic N) is 2. The second-order valence-electron chi connectivity index (χ2n) is 6.41. The number of sulfone groups is 1. The van der Waals surface area contributed by atoms with Gasteiger partial charge in [-0.25, -0.2) is 13.4 Å². The van der Waals surface area contributed by atoms with Crippen LogP contribution in [0, 0.1) is 0 Å². The topological polar surface area (TPSA) is 79.2 Å². The molecule has 0 rings (SSSR count). The molecule has 1 N–H and O–H groups in total. The van der Waals surface area contributed by atoms with Gasteiger partial charge in [0, 0.05) is 31.8 Å². The molecule has 6 nitrogen and oxygen atoms in total. The largest absolute Gasteiger partial charge is 0.501 e. The number of methoxy groups -OCH3 is 1. The number of halogens is 3. The summed E-state index contributed by atoms with van der Waals surface area (Å²) in [6.45, 7) is 9.25. The Labute approximate surface area is 165 Å². The number of allylic oxidation sites excluding steroid dienone is 2. The average molecular weight is 427 g/mol. The maximum absolute atomic E-state index is 13.8. The first-order chi connectivity index (χ1) is 12.6. The molecule has 1 atom stereocenters. The molecular formula is C18H29F3N2O4S. The Bertz CT molecular complexity index is 749. The van der Waals surface area contributed by atoms with Crippen LogP contribution in [-0.4, -0.2) is 69.3 Å². The van der Waals surface area contributed by atoms with E-state index in [1.165, 1.54) is 20.2 Å². The van der Waals surface area contributed by atoms with Crippen LogP contribution < -0.4 is 0 Å². The molecule has 0 aromatic heterocycles. The molecule has 28 heavy (non-hydrogen) atoms. The SMILES string of the molecule is C=C(/N=C/N(C)CC)/C(C)=C\C(=C(/CC)OC)C(O)(CS(C)(=O)=O)C(F)(F)F. The Morgan fingerprint density at radius 3 is 2.21 bits per heavy atom. The molecule has 0 saturated carbocycles. The highest BCUT2D eigenvalue weighted by atomic mass is 32.2. The van der Waals surface area contributed by atoms with Gasteiger partial charge in [-0.05, 0) is 25.5 Å². The normalized spacial score (nSPS) is 16.6. The van der Waals surface area contributed by atoms with Crippen molar-refractivity contribution in [3.8, 4) is 0 Å². The molecule has 0 aromatic carbocycles. The van der Waals surface area contributed by atoms with Crippen molar-refractivity contribution in [3.63, 3.8) is 0 Å². The van der Waals surface area contributed by atoms with Crippen molar-refractivity contribution in [1.29, 1.82) is 0 Å². The van der Waals surface area contributed by atoms with Crippen molar-refractivity contribution in [1.82, 2.24) is 4.90 Å². The molecule has 162 valence electrons. The number of aliphatic hydroxyl groups is 1. The number of aliphatic imine (C=N–C) groups is 1. The Balaban J connectivity index is 6.54. The van der Waals surface area contributed by atoms with Crippen LogP contribution in [0.3, 0.4) is 0 Å². The molecule has 0 heterocycles. The maximum Gasteiger partial charge on any atom is 0.422 e. The first-order valence-corrected chi connectivity index (χ1v) is 10.5. The van der Waals surface area contributed by atoms with Gasteiger partial charge in [0.05, 0.1) is 24.9 Å². The van der Waals surface area contributed by atoms with Crippen LogP contribution in [0.2, 0.25) is 0 Å². The van der Waals surface area contributed by atoms with Gasteiger partial charge in [0.15, 0.2) is 9.84 Å². The molecule has 0 fully saturated rings. The molecule has 0 spiro atoms. The van der Waals surface area contributed by atoms with Crippen molar-refractivity contribution < 1.29 is 31.4 Å². The number of hydrogen-bond donors (Lipinski definition) is 1. The molecule has 0 aliphatic rings. The summed E-state index contributed by atoms with van der Waals surface area (Å²) in [7, 11) is -1.27. The highest BCUT2D eigenvalue weighted by molar-refractivity contribution is 7.90. The summed E-state index contributed by atoms with van der Waals surface area (Å²) in [5, 5.41) is 10.5. The van der Waals surface area contributed by atoms with Gasteiger partial charge in [0.25, 0.3) is 0 Å². The highest BCUT2D eigenvalue weighted by Gasteiger charge is 2.58. The van der Waals surface area contributed by atoms with E-state index in [1.807, 2.05) is 6.92 Å². The minimum Gasteiger partial charge on any atom is -0.501 e. The smallest absolute Gasteiger partial charge is 0.422 e. The number of hydrogen-bond acceptors (Lipinski definition) is 5. The van der Waals surface area contributed by atoms with Gasteiger partial charge in [-0.2, -0.15) is 13.2 Å². The van der Waals surface area contributed by atoms with E-state index >= 15 is 0 Å². The van der Waals surface area contributed by atoms with Gasteiger partial charge in [-0.3, -0.25) is 0 Å². The lowest BCUT2D eigenvalue weighted by Crippen LogP contribution is -2.52. The standard InChI is InChI=1S/C18H29F3N2O4S/c1-8-16(27-6)15(10-13(3)14(4)22-12-23(5)9-2)17(24,18(19,20)21)11-28(7,25)26/h10,12,24H,4,8-9,11H2,1-3,5-7H3/b13-10-,16-15-,22-12+. The summed E-state index contributed by atoms with van der Waals surface area (Å²) >= 11 is 0. The third-order valence-corrected chi connectivity index (χ3v) is 4.92. The second kappa shape index (κ2) is 10.1. The molecule has 0 saturated heterocycles. The fourth-order valence-corrected chi connectivity index (χ4v) is 3.30. The van der Waals surface area contributed by atoms with Crippen LogP contribution in [-0.2, 0) is 14.6 Å². The Morgan fingerprint density at radius 2 is 1.86 bits per heavy atom. The van der Waals surface area contributed by atoms with E-state index in [-0.39, 0.29) is 23.5 Å². The number of rotatable bonds is 10. The fourth-order valence-electron chi connectivity index (χ4n) is 2.22. The quantitative estimate of drug-likeness (QED) is 0.251. The van der Waals surface area contributed by atoms with E-state index in [0.717, 1.165) is 13.2 Å². The van der Waals surface area contributed by atoms with E-state index in [1.54, 1.807) is 11.9 Å². The summed E-state index contributed by atoms with van der Waals surface area (Å²) in [4.78, 5) is 5.81. The van der Waals surface area contributed by atoms with Crippen molar-refractivity contribution in [2.45, 2.75) is 39.0 Å². The van der Waals surface area contributed by atoms with E-state index in [9.17, 15) is 26.7 Å². The molecule has 0 amide bonds. The number of ether oxygens (including phenoxy) is 1. The maximum atomic E-state index is 13.8. The molecule has 1 unspecified atom stereocenters. The second-order valence-corrected chi connectivity index (χ2v) is 8.55. The van der Waals surface area contributed by atoms with Crippen molar-refractivity contribution in [2.24, 2.45) is 4.99 Å². The zero-order valence-electron chi connectivity index (χ0n) is 17.1. The lowest BCUT2D eigenvalue weighted by molar-refractivity contribution is -0.235. The molecule has 0 aliphatic carbocycles. The minimum absolute atomic E-state index is 0.00603. The fraction of sp³-hybridized carbons (Fsp3) is 0.611. The van der Waals surface area contributed by atoms with Crippen LogP contribution in [0.25, 0.3) is 0 Å². The summed E-state index contributed by atoms with van der Waals surface area (Å²) in [5.41, 5.74) is -3.95. The molecule has 0 aliphatic heterocycles. The van der Waals surface area contributed by atoms with Crippen molar-refractivity contribution in [3.05, 3.63) is 35.3 Å². The van der Waals surface area contributed by atoms with Gasteiger partial charge in [0.1, 0.15) is 5.76 Å². The van der Waals surface area contributed by atoms with Crippen LogP contribution >= 0.6 is 0 Å². The lowest BCUT2D eigenvalue weighted by atomic mass is 9.90.